The fourth-order valence-electron chi connectivity index (χ4n) is 3.61. The van der Waals surface area contributed by atoms with Crippen molar-refractivity contribution in [3.05, 3.63) is 29.6 Å². The monoisotopic (exact) mass is 374 g/mol. The number of rotatable bonds is 5. The normalized spacial score (nSPS) is 21.1. The highest BCUT2D eigenvalue weighted by Crippen LogP contribution is 2.31. The predicted molar refractivity (Wildman–Crippen MR) is 102 cm³/mol. The van der Waals surface area contributed by atoms with Gasteiger partial charge in [-0.15, -0.1) is 0 Å². The molecule has 7 nitrogen and oxygen atoms in total. The fraction of sp³-hybridized carbons (Fsp3) is 0.650. The van der Waals surface area contributed by atoms with E-state index in [0.717, 1.165) is 51.3 Å². The van der Waals surface area contributed by atoms with E-state index in [-0.39, 0.29) is 30.6 Å². The van der Waals surface area contributed by atoms with Crippen LogP contribution in [0.3, 0.4) is 0 Å². The molecular weight excluding hydrogens is 344 g/mol. The Labute approximate surface area is 161 Å². The first kappa shape index (κ1) is 19.8. The first-order valence-corrected chi connectivity index (χ1v) is 9.80. The molecule has 1 aromatic heterocycles. The van der Waals surface area contributed by atoms with Gasteiger partial charge >= 0.3 is 0 Å². The Hall–Kier alpha value is -1.99. The molecule has 0 aromatic carbocycles. The molecule has 0 unspecified atom stereocenters. The summed E-state index contributed by atoms with van der Waals surface area (Å²) in [7, 11) is 2.07. The fourth-order valence-corrected chi connectivity index (χ4v) is 3.61. The first-order chi connectivity index (χ1) is 13.0. The number of pyridine rings is 1. The van der Waals surface area contributed by atoms with Gasteiger partial charge in [0.25, 0.3) is 5.91 Å². The molecule has 2 aliphatic rings. The summed E-state index contributed by atoms with van der Waals surface area (Å²) in [6.07, 6.45) is 3.54. The van der Waals surface area contributed by atoms with Gasteiger partial charge in [0.15, 0.2) is 0 Å². The maximum absolute atomic E-state index is 12.6. The van der Waals surface area contributed by atoms with Crippen molar-refractivity contribution >= 4 is 11.8 Å². The van der Waals surface area contributed by atoms with E-state index < -0.39 is 0 Å². The summed E-state index contributed by atoms with van der Waals surface area (Å²) in [5, 5.41) is 0. The third-order valence-electron chi connectivity index (χ3n) is 5.28. The number of nitrogens with zero attached hydrogens (tertiary/aromatic N) is 4. The maximum atomic E-state index is 12.6. The first-order valence-electron chi connectivity index (χ1n) is 9.80. The molecule has 0 bridgehead atoms. The number of ether oxygens (including phenoxy) is 1. The number of aromatic nitrogens is 1. The predicted octanol–water partition coefficient (Wildman–Crippen LogP) is 1.56. The SMILES string of the molecule is CC(C)OCC(=O)N1CCC[C@H]1c1ccc(C(=O)N2CCN(C)CC2)cn1. The second-order valence-electron chi connectivity index (χ2n) is 7.67. The van der Waals surface area contributed by atoms with Crippen molar-refractivity contribution in [2.45, 2.75) is 38.8 Å². The van der Waals surface area contributed by atoms with Crippen molar-refractivity contribution in [3.63, 3.8) is 0 Å². The van der Waals surface area contributed by atoms with E-state index in [1.165, 1.54) is 0 Å². The summed E-state index contributed by atoms with van der Waals surface area (Å²) >= 11 is 0. The molecule has 0 spiro atoms. The molecule has 2 amide bonds. The summed E-state index contributed by atoms with van der Waals surface area (Å²) in [5.74, 6) is 0.0393. The number of piperazine rings is 1. The van der Waals surface area contributed by atoms with E-state index in [9.17, 15) is 9.59 Å². The van der Waals surface area contributed by atoms with E-state index in [1.54, 1.807) is 6.20 Å². The lowest BCUT2D eigenvalue weighted by molar-refractivity contribution is -0.138. The molecule has 27 heavy (non-hydrogen) atoms. The minimum atomic E-state index is -0.0268. The van der Waals surface area contributed by atoms with Crippen LogP contribution < -0.4 is 0 Å². The summed E-state index contributed by atoms with van der Waals surface area (Å²) in [4.78, 5) is 35.6. The standard InChI is InChI=1S/C20H30N4O3/c1-15(2)27-14-19(25)24-8-4-5-18(24)17-7-6-16(13-21-17)20(26)23-11-9-22(3)10-12-23/h6-7,13,15,18H,4-5,8-12,14H2,1-3H3/t18-/m0/s1. The number of likely N-dealkylation sites (tertiary alicyclic amines) is 1. The zero-order valence-electron chi connectivity index (χ0n) is 16.6. The van der Waals surface area contributed by atoms with Crippen LogP contribution >= 0.6 is 0 Å². The van der Waals surface area contributed by atoms with Gasteiger partial charge in [0.05, 0.1) is 23.4 Å². The molecule has 2 saturated heterocycles. The molecule has 3 heterocycles. The largest absolute Gasteiger partial charge is 0.369 e. The van der Waals surface area contributed by atoms with Crippen LogP contribution in [0.2, 0.25) is 0 Å². The van der Waals surface area contributed by atoms with Crippen LogP contribution in [0.5, 0.6) is 0 Å². The van der Waals surface area contributed by atoms with E-state index in [2.05, 4.69) is 16.9 Å². The van der Waals surface area contributed by atoms with Crippen molar-refractivity contribution < 1.29 is 14.3 Å². The molecule has 0 radical (unpaired) electrons. The van der Waals surface area contributed by atoms with Gasteiger partial charge in [-0.25, -0.2) is 0 Å². The van der Waals surface area contributed by atoms with Gasteiger partial charge in [-0.2, -0.15) is 0 Å². The molecular formula is C20H30N4O3. The summed E-state index contributed by atoms with van der Waals surface area (Å²) < 4.78 is 5.46. The van der Waals surface area contributed by atoms with Gasteiger partial charge in [-0.3, -0.25) is 14.6 Å². The van der Waals surface area contributed by atoms with Crippen LogP contribution in [0.15, 0.2) is 18.3 Å². The van der Waals surface area contributed by atoms with Crippen molar-refractivity contribution in [1.82, 2.24) is 19.7 Å². The molecule has 0 saturated carbocycles. The van der Waals surface area contributed by atoms with Gasteiger partial charge in [0.1, 0.15) is 6.61 Å². The van der Waals surface area contributed by atoms with Crippen molar-refractivity contribution in [3.8, 4) is 0 Å². The van der Waals surface area contributed by atoms with Gasteiger partial charge in [-0.1, -0.05) is 0 Å². The number of amides is 2. The molecule has 148 valence electrons. The number of hydrogen-bond donors (Lipinski definition) is 0. The van der Waals surface area contributed by atoms with Crippen molar-refractivity contribution in [2.24, 2.45) is 0 Å². The van der Waals surface area contributed by atoms with E-state index in [1.807, 2.05) is 35.8 Å². The minimum absolute atomic E-state index is 0.00518. The van der Waals surface area contributed by atoms with Crippen LogP contribution in [0, 0.1) is 0 Å². The van der Waals surface area contributed by atoms with Gasteiger partial charge in [-0.05, 0) is 45.9 Å². The Bertz CT molecular complexity index is 654. The third-order valence-corrected chi connectivity index (χ3v) is 5.28. The zero-order chi connectivity index (χ0) is 19.4. The number of carbonyl (C=O) groups is 2. The highest BCUT2D eigenvalue weighted by atomic mass is 16.5. The van der Waals surface area contributed by atoms with Gasteiger partial charge < -0.3 is 19.4 Å². The number of carbonyl (C=O) groups excluding carboxylic acids is 2. The Kier molecular flexibility index (Phi) is 6.44. The van der Waals surface area contributed by atoms with E-state index in [4.69, 9.17) is 4.74 Å². The molecule has 7 heteroatoms. The lowest BCUT2D eigenvalue weighted by atomic mass is 10.1. The zero-order valence-corrected chi connectivity index (χ0v) is 16.6. The molecule has 2 fully saturated rings. The molecule has 1 atom stereocenters. The lowest BCUT2D eigenvalue weighted by Crippen LogP contribution is -2.47. The van der Waals surface area contributed by atoms with Crippen LogP contribution in [0.1, 0.15) is 48.8 Å². The lowest BCUT2D eigenvalue weighted by Gasteiger charge is -2.32. The van der Waals surface area contributed by atoms with Crippen molar-refractivity contribution in [2.75, 3.05) is 46.4 Å². The molecule has 0 aliphatic carbocycles. The van der Waals surface area contributed by atoms with E-state index >= 15 is 0 Å². The van der Waals surface area contributed by atoms with Crippen molar-refractivity contribution in [1.29, 1.82) is 0 Å². The van der Waals surface area contributed by atoms with Gasteiger partial charge in [0.2, 0.25) is 5.91 Å². The third kappa shape index (κ3) is 4.84. The van der Waals surface area contributed by atoms with Gasteiger partial charge in [0, 0.05) is 38.9 Å². The number of hydrogen-bond acceptors (Lipinski definition) is 5. The Balaban J connectivity index is 1.63. The Morgan fingerprint density at radius 3 is 2.56 bits per heavy atom. The maximum Gasteiger partial charge on any atom is 0.255 e. The second-order valence-corrected chi connectivity index (χ2v) is 7.67. The smallest absolute Gasteiger partial charge is 0.255 e. The second kappa shape index (κ2) is 8.80. The van der Waals surface area contributed by atoms with Crippen LogP contribution in [-0.4, -0.2) is 84.0 Å². The summed E-state index contributed by atoms with van der Waals surface area (Å²) in [5.41, 5.74) is 1.46. The molecule has 2 aliphatic heterocycles. The highest BCUT2D eigenvalue weighted by Gasteiger charge is 2.31. The molecule has 3 rings (SSSR count). The minimum Gasteiger partial charge on any atom is -0.369 e. The van der Waals surface area contributed by atoms with Crippen LogP contribution in [-0.2, 0) is 9.53 Å². The molecule has 1 aromatic rings. The Morgan fingerprint density at radius 2 is 1.93 bits per heavy atom. The summed E-state index contributed by atoms with van der Waals surface area (Å²) in [6, 6.07) is 3.71. The average Bonchev–Trinajstić information content (AvgIpc) is 3.16. The average molecular weight is 374 g/mol. The Morgan fingerprint density at radius 1 is 1.19 bits per heavy atom. The highest BCUT2D eigenvalue weighted by molar-refractivity contribution is 5.94. The molecule has 0 N–H and O–H groups in total. The van der Waals surface area contributed by atoms with E-state index in [0.29, 0.717) is 5.56 Å². The quantitative estimate of drug-likeness (QED) is 0.783. The topological polar surface area (TPSA) is 66.0 Å². The van der Waals surface area contributed by atoms with Crippen LogP contribution in [0.25, 0.3) is 0 Å². The summed E-state index contributed by atoms with van der Waals surface area (Å²) in [6.45, 7) is 7.97. The number of likely N-dealkylation sites (N-methyl/N-ethyl adjacent to an activating group) is 1. The van der Waals surface area contributed by atoms with Crippen LogP contribution in [0.4, 0.5) is 0 Å².